The first kappa shape index (κ1) is 33.5. The van der Waals surface area contributed by atoms with Gasteiger partial charge in [-0.2, -0.15) is 0 Å². The second-order valence-electron chi connectivity index (χ2n) is 15.6. The number of allylic oxidation sites excluding steroid dienone is 2. The molecule has 4 aromatic rings. The topological polar surface area (TPSA) is 0 Å². The van der Waals surface area contributed by atoms with Crippen LogP contribution in [0.4, 0.5) is 0 Å². The fraction of sp³-hybridized carbons (Fsp3) is 0.391. The molecule has 1 heteroatoms. The first-order valence-corrected chi connectivity index (χ1v) is 21.5. The lowest BCUT2D eigenvalue weighted by molar-refractivity contribution is 0.637. The molecule has 0 aromatic heterocycles. The van der Waals surface area contributed by atoms with Gasteiger partial charge in [0.25, 0.3) is 0 Å². The molecule has 0 heterocycles. The third kappa shape index (κ3) is 6.41. The number of aryl methyl sites for hydroxylation is 2. The average molecular weight is 637 g/mol. The van der Waals surface area contributed by atoms with Crippen LogP contribution in [0.2, 0.25) is 13.1 Å². The number of fused-ring (bicyclic) bond motifs is 2. The van der Waals surface area contributed by atoms with Gasteiger partial charge < -0.3 is 0 Å². The minimum absolute atomic E-state index is 0.631. The lowest BCUT2D eigenvalue weighted by Crippen LogP contribution is -2.32. The molecule has 0 atom stereocenters. The second kappa shape index (κ2) is 14.0. The van der Waals surface area contributed by atoms with E-state index >= 15 is 0 Å². The Morgan fingerprint density at radius 2 is 0.894 bits per heavy atom. The van der Waals surface area contributed by atoms with Crippen molar-refractivity contribution < 1.29 is 0 Å². The normalized spacial score (nSPS) is 14.5. The Morgan fingerprint density at radius 1 is 0.511 bits per heavy atom. The van der Waals surface area contributed by atoms with Crippen LogP contribution in [0.3, 0.4) is 0 Å². The van der Waals surface area contributed by atoms with Crippen molar-refractivity contribution in [2.45, 2.75) is 106 Å². The van der Waals surface area contributed by atoms with E-state index in [0.29, 0.717) is 11.8 Å². The van der Waals surface area contributed by atoms with Crippen molar-refractivity contribution in [1.29, 1.82) is 0 Å². The van der Waals surface area contributed by atoms with Crippen LogP contribution in [0.15, 0.2) is 96.1 Å². The molecule has 0 aliphatic heterocycles. The van der Waals surface area contributed by atoms with Crippen LogP contribution in [-0.2, 0) is 25.7 Å². The summed E-state index contributed by atoms with van der Waals surface area (Å²) in [4.78, 5) is 0. The Hall–Kier alpha value is -3.42. The molecule has 0 spiro atoms. The van der Waals surface area contributed by atoms with Crippen molar-refractivity contribution in [3.05, 3.63) is 129 Å². The highest BCUT2D eigenvalue weighted by atomic mass is 28.3. The molecule has 0 bridgehead atoms. The van der Waals surface area contributed by atoms with E-state index in [1.165, 1.54) is 46.2 Å². The molecule has 0 saturated heterocycles. The van der Waals surface area contributed by atoms with Crippen LogP contribution < -0.4 is 0 Å². The summed E-state index contributed by atoms with van der Waals surface area (Å²) in [5, 5.41) is 3.48. The van der Waals surface area contributed by atoms with Gasteiger partial charge in [-0.3, -0.25) is 0 Å². The number of hydrogen-bond donors (Lipinski definition) is 0. The molecule has 47 heavy (non-hydrogen) atoms. The van der Waals surface area contributed by atoms with Gasteiger partial charge in [-0.15, -0.1) is 0 Å². The van der Waals surface area contributed by atoms with E-state index < -0.39 is 8.07 Å². The van der Waals surface area contributed by atoms with Crippen molar-refractivity contribution in [3.8, 4) is 22.3 Å². The van der Waals surface area contributed by atoms with E-state index in [1.54, 1.807) is 43.8 Å². The van der Waals surface area contributed by atoms with Gasteiger partial charge in [-0.25, -0.2) is 0 Å². The minimum Gasteiger partial charge on any atom is -0.0653 e. The highest BCUT2D eigenvalue weighted by Crippen LogP contribution is 2.54. The van der Waals surface area contributed by atoms with Crippen LogP contribution >= 0.6 is 0 Å². The van der Waals surface area contributed by atoms with Gasteiger partial charge in [0, 0.05) is 0 Å². The molecule has 0 N–H and O–H groups in total. The predicted octanol–water partition coefficient (Wildman–Crippen LogP) is 13.1. The zero-order valence-corrected chi connectivity index (χ0v) is 31.4. The lowest BCUT2D eigenvalue weighted by Gasteiger charge is -2.33. The molecule has 4 aromatic carbocycles. The van der Waals surface area contributed by atoms with Crippen LogP contribution in [0, 0.1) is 11.8 Å². The van der Waals surface area contributed by atoms with E-state index in [9.17, 15) is 0 Å². The average Bonchev–Trinajstić information content (AvgIpc) is 3.60. The fourth-order valence-electron chi connectivity index (χ4n) is 9.03. The van der Waals surface area contributed by atoms with E-state index in [-0.39, 0.29) is 0 Å². The first-order chi connectivity index (χ1) is 22.6. The quantitative estimate of drug-likeness (QED) is 0.136. The maximum absolute atomic E-state index is 2.71. The summed E-state index contributed by atoms with van der Waals surface area (Å²) in [6.07, 6.45) is 9.13. The zero-order valence-electron chi connectivity index (χ0n) is 30.4. The molecule has 0 saturated carbocycles. The Labute approximate surface area is 287 Å². The van der Waals surface area contributed by atoms with Crippen molar-refractivity contribution >= 4 is 18.5 Å². The van der Waals surface area contributed by atoms with Gasteiger partial charge in [0.15, 0.2) is 0 Å². The third-order valence-corrected chi connectivity index (χ3v) is 14.2. The molecular formula is C46H56Si. The molecule has 0 fully saturated rings. The summed E-state index contributed by atoms with van der Waals surface area (Å²) < 4.78 is 0. The summed E-state index contributed by atoms with van der Waals surface area (Å²) in [5.74, 6) is 1.26. The van der Waals surface area contributed by atoms with Crippen molar-refractivity contribution in [3.63, 3.8) is 0 Å². The predicted molar refractivity (Wildman–Crippen MR) is 209 cm³/mol. The Bertz CT molecular complexity index is 1690. The van der Waals surface area contributed by atoms with Crippen molar-refractivity contribution in [1.82, 2.24) is 0 Å². The van der Waals surface area contributed by atoms with Gasteiger partial charge in [-0.05, 0) is 116 Å². The van der Waals surface area contributed by atoms with E-state index in [4.69, 9.17) is 0 Å². The summed E-state index contributed by atoms with van der Waals surface area (Å²) >= 11 is 0. The maximum atomic E-state index is 2.71. The van der Waals surface area contributed by atoms with Gasteiger partial charge in [0.05, 0.1) is 0 Å². The van der Waals surface area contributed by atoms with Gasteiger partial charge >= 0.3 is 0 Å². The van der Waals surface area contributed by atoms with Gasteiger partial charge in [0.1, 0.15) is 8.07 Å². The van der Waals surface area contributed by atoms with E-state index in [2.05, 4.69) is 140 Å². The van der Waals surface area contributed by atoms with Gasteiger partial charge in [-0.1, -0.05) is 164 Å². The molecule has 2 aliphatic carbocycles. The molecule has 0 nitrogen and oxygen atoms in total. The summed E-state index contributed by atoms with van der Waals surface area (Å²) in [7, 11) is -2.24. The third-order valence-electron chi connectivity index (χ3n) is 10.5. The smallest absolute Gasteiger partial charge is 0.0653 e. The highest BCUT2D eigenvalue weighted by molar-refractivity contribution is 7.09. The standard InChI is InChI=1S/C46H56Si/c1-9-17-33-19-11-13-23-39(33)41-25-15-21-35-29-37(27-31(3)4)45(43(35)41)47(7,8)46-38(28-32(5)6)30-36-22-16-26-42(44(36)46)40-24-14-12-20-34(40)18-10-2/h11-16,19-26,31-32H,9-10,17-18,27-30H2,1-8H3. The highest BCUT2D eigenvalue weighted by Gasteiger charge is 2.43. The van der Waals surface area contributed by atoms with Crippen LogP contribution in [0.1, 0.15) is 101 Å². The number of rotatable bonds is 12. The summed E-state index contributed by atoms with van der Waals surface area (Å²) in [6, 6.07) is 32.9. The first-order valence-electron chi connectivity index (χ1n) is 18.5. The van der Waals surface area contributed by atoms with Gasteiger partial charge in [0.2, 0.25) is 0 Å². The maximum Gasteiger partial charge on any atom is 0.113 e. The van der Waals surface area contributed by atoms with E-state index in [0.717, 1.165) is 38.5 Å². The number of benzene rings is 4. The zero-order chi connectivity index (χ0) is 33.3. The monoisotopic (exact) mass is 636 g/mol. The summed E-state index contributed by atoms with van der Waals surface area (Å²) in [5.41, 5.74) is 18.5. The van der Waals surface area contributed by atoms with Crippen molar-refractivity contribution in [2.24, 2.45) is 11.8 Å². The Morgan fingerprint density at radius 3 is 1.28 bits per heavy atom. The van der Waals surface area contributed by atoms with Crippen LogP contribution in [-0.4, -0.2) is 8.07 Å². The Balaban J connectivity index is 1.63. The molecule has 0 radical (unpaired) electrons. The lowest BCUT2D eigenvalue weighted by atomic mass is 9.92. The number of hydrogen-bond acceptors (Lipinski definition) is 0. The van der Waals surface area contributed by atoms with Crippen LogP contribution in [0.5, 0.6) is 0 Å². The van der Waals surface area contributed by atoms with E-state index in [1.807, 2.05) is 0 Å². The Kier molecular flexibility index (Phi) is 9.95. The molecule has 2 aliphatic rings. The van der Waals surface area contributed by atoms with Crippen LogP contribution in [0.25, 0.3) is 32.6 Å². The molecule has 6 rings (SSSR count). The molecule has 0 amide bonds. The van der Waals surface area contributed by atoms with Crippen molar-refractivity contribution in [2.75, 3.05) is 0 Å². The SMILES string of the molecule is CCCc1ccccc1-c1cccc2c1C([Si](C)(C)C1=C(CC(C)C)Cc3cccc(-c4ccccc4CCC)c31)=C(CC(C)C)C2. The largest absolute Gasteiger partial charge is 0.113 e. The molecular weight excluding hydrogens is 581 g/mol. The fourth-order valence-corrected chi connectivity index (χ4v) is 13.3. The summed E-state index contributed by atoms with van der Waals surface area (Å²) in [6.45, 7) is 19.7. The molecule has 244 valence electrons. The second-order valence-corrected chi connectivity index (χ2v) is 19.9. The molecule has 0 unspecified atom stereocenters. The minimum atomic E-state index is -2.24.